The molecule has 170 valence electrons. The summed E-state index contributed by atoms with van der Waals surface area (Å²) in [4.78, 5) is 17.0. The maximum absolute atomic E-state index is 12.4. The largest absolute Gasteiger partial charge is 0.493 e. The predicted octanol–water partition coefficient (Wildman–Crippen LogP) is 3.87. The molecule has 0 aliphatic heterocycles. The minimum Gasteiger partial charge on any atom is -0.493 e. The number of thiazole rings is 1. The molecule has 8 nitrogen and oxygen atoms in total. The van der Waals surface area contributed by atoms with Crippen LogP contribution in [0.15, 0.2) is 52.7 Å². The summed E-state index contributed by atoms with van der Waals surface area (Å²) >= 11 is 1.40. The maximum atomic E-state index is 12.4. The van der Waals surface area contributed by atoms with Crippen molar-refractivity contribution < 1.29 is 27.4 Å². The van der Waals surface area contributed by atoms with Gasteiger partial charge in [0.25, 0.3) is 0 Å². The Labute approximate surface area is 191 Å². The zero-order chi connectivity index (χ0) is 23.3. The molecule has 0 aliphatic rings. The number of rotatable bonds is 9. The van der Waals surface area contributed by atoms with Crippen molar-refractivity contribution in [2.75, 3.05) is 14.2 Å². The van der Waals surface area contributed by atoms with Crippen molar-refractivity contribution in [3.8, 4) is 22.1 Å². The van der Waals surface area contributed by atoms with E-state index in [0.717, 1.165) is 5.56 Å². The van der Waals surface area contributed by atoms with Crippen LogP contribution in [0.25, 0.3) is 10.6 Å². The summed E-state index contributed by atoms with van der Waals surface area (Å²) in [6, 6.07) is 10.9. The normalized spacial score (nSPS) is 11.4. The Morgan fingerprint density at radius 3 is 2.44 bits per heavy atom. The van der Waals surface area contributed by atoms with E-state index in [-0.39, 0.29) is 23.1 Å². The Balaban J connectivity index is 1.67. The molecule has 0 aliphatic carbocycles. The molecular formula is C22H24N2O6S2. The van der Waals surface area contributed by atoms with E-state index >= 15 is 0 Å². The molecule has 1 heterocycles. The molecule has 0 amide bonds. The van der Waals surface area contributed by atoms with E-state index in [4.69, 9.17) is 14.2 Å². The second kappa shape index (κ2) is 10.1. The lowest BCUT2D eigenvalue weighted by atomic mass is 10.2. The van der Waals surface area contributed by atoms with Gasteiger partial charge in [-0.3, -0.25) is 0 Å². The number of methoxy groups -OCH3 is 2. The quantitative estimate of drug-likeness (QED) is 0.468. The lowest BCUT2D eigenvalue weighted by molar-refractivity contribution is 0.0468. The summed E-state index contributed by atoms with van der Waals surface area (Å²) in [5.41, 5.74) is 1.61. The first-order chi connectivity index (χ1) is 15.2. The van der Waals surface area contributed by atoms with Crippen molar-refractivity contribution in [3.05, 3.63) is 59.1 Å². The standard InChI is InChI=1S/C22H24N2O6S2/c1-14(2)24-32(26,27)17-10-8-15(9-11-17)22(25)30-12-16-13-31-21(23-16)18-6-5-7-19(28-3)20(18)29-4/h5-11,13-14,24H,12H2,1-4H3. The van der Waals surface area contributed by atoms with Crippen molar-refractivity contribution >= 4 is 27.3 Å². The van der Waals surface area contributed by atoms with Crippen LogP contribution < -0.4 is 14.2 Å². The van der Waals surface area contributed by atoms with Crippen LogP contribution in [0.1, 0.15) is 29.9 Å². The van der Waals surface area contributed by atoms with E-state index in [1.807, 2.05) is 12.1 Å². The third kappa shape index (κ3) is 5.45. The summed E-state index contributed by atoms with van der Waals surface area (Å²) in [7, 11) is -0.492. The summed E-state index contributed by atoms with van der Waals surface area (Å²) in [6.45, 7) is 3.45. The van der Waals surface area contributed by atoms with Crippen LogP contribution in [0, 0.1) is 0 Å². The van der Waals surface area contributed by atoms with Gasteiger partial charge in [0.2, 0.25) is 10.0 Å². The SMILES string of the molecule is COc1cccc(-c2nc(COC(=O)c3ccc(S(=O)(=O)NC(C)C)cc3)cs2)c1OC. The van der Waals surface area contributed by atoms with E-state index in [1.54, 1.807) is 39.5 Å². The second-order valence-electron chi connectivity index (χ2n) is 7.06. The average molecular weight is 477 g/mol. The van der Waals surface area contributed by atoms with Gasteiger partial charge >= 0.3 is 5.97 Å². The van der Waals surface area contributed by atoms with Crippen molar-refractivity contribution in [1.82, 2.24) is 9.71 Å². The smallest absolute Gasteiger partial charge is 0.338 e. The van der Waals surface area contributed by atoms with Gasteiger partial charge in [-0.15, -0.1) is 11.3 Å². The zero-order valence-electron chi connectivity index (χ0n) is 18.1. The van der Waals surface area contributed by atoms with E-state index in [9.17, 15) is 13.2 Å². The van der Waals surface area contributed by atoms with Crippen LogP contribution in [0.2, 0.25) is 0 Å². The van der Waals surface area contributed by atoms with Crippen molar-refractivity contribution in [2.24, 2.45) is 0 Å². The monoisotopic (exact) mass is 476 g/mol. The Kier molecular flexibility index (Phi) is 7.49. The molecule has 3 rings (SSSR count). The molecule has 0 bridgehead atoms. The van der Waals surface area contributed by atoms with Gasteiger partial charge in [0.15, 0.2) is 11.5 Å². The van der Waals surface area contributed by atoms with Crippen LogP contribution in [-0.2, 0) is 21.4 Å². The number of nitrogens with zero attached hydrogens (tertiary/aromatic N) is 1. The number of carbonyl (C=O) groups is 1. The highest BCUT2D eigenvalue weighted by Gasteiger charge is 2.18. The Morgan fingerprint density at radius 1 is 1.09 bits per heavy atom. The minimum absolute atomic E-state index is 0.0173. The fourth-order valence-corrected chi connectivity index (χ4v) is 5.00. The highest BCUT2D eigenvalue weighted by Crippen LogP contribution is 2.39. The van der Waals surface area contributed by atoms with Crippen LogP contribution in [-0.4, -0.2) is 39.6 Å². The number of sulfonamides is 1. The van der Waals surface area contributed by atoms with Crippen LogP contribution >= 0.6 is 11.3 Å². The molecule has 0 spiro atoms. The summed E-state index contributed by atoms with van der Waals surface area (Å²) < 4.78 is 43.0. The fourth-order valence-electron chi connectivity index (χ4n) is 2.92. The first kappa shape index (κ1) is 23.7. The number of benzene rings is 2. The van der Waals surface area contributed by atoms with Gasteiger partial charge in [0.05, 0.1) is 35.9 Å². The number of hydrogen-bond acceptors (Lipinski definition) is 8. The molecule has 1 aromatic heterocycles. The predicted molar refractivity (Wildman–Crippen MR) is 122 cm³/mol. The van der Waals surface area contributed by atoms with Crippen LogP contribution in [0.4, 0.5) is 0 Å². The van der Waals surface area contributed by atoms with E-state index < -0.39 is 16.0 Å². The Bertz CT molecular complexity index is 1190. The third-order valence-electron chi connectivity index (χ3n) is 4.33. The van der Waals surface area contributed by atoms with E-state index in [0.29, 0.717) is 22.2 Å². The summed E-state index contributed by atoms with van der Waals surface area (Å²) in [6.07, 6.45) is 0. The molecular weight excluding hydrogens is 452 g/mol. The molecule has 0 saturated carbocycles. The molecule has 0 saturated heterocycles. The second-order valence-corrected chi connectivity index (χ2v) is 9.63. The molecule has 0 fully saturated rings. The van der Waals surface area contributed by atoms with Gasteiger partial charge in [-0.05, 0) is 50.2 Å². The molecule has 0 atom stereocenters. The number of esters is 1. The van der Waals surface area contributed by atoms with Gasteiger partial charge in [0, 0.05) is 11.4 Å². The van der Waals surface area contributed by atoms with Crippen molar-refractivity contribution in [1.29, 1.82) is 0 Å². The molecule has 3 aromatic rings. The average Bonchev–Trinajstić information content (AvgIpc) is 3.25. The molecule has 2 aromatic carbocycles. The molecule has 0 unspecified atom stereocenters. The molecule has 32 heavy (non-hydrogen) atoms. The lowest BCUT2D eigenvalue weighted by Gasteiger charge is -2.10. The number of aromatic nitrogens is 1. The summed E-state index contributed by atoms with van der Waals surface area (Å²) in [5.74, 6) is 0.608. The zero-order valence-corrected chi connectivity index (χ0v) is 19.7. The first-order valence-electron chi connectivity index (χ1n) is 9.70. The fraction of sp³-hybridized carbons (Fsp3) is 0.273. The third-order valence-corrected chi connectivity index (χ3v) is 6.93. The van der Waals surface area contributed by atoms with Crippen molar-refractivity contribution in [2.45, 2.75) is 31.4 Å². The van der Waals surface area contributed by atoms with Crippen molar-refractivity contribution in [3.63, 3.8) is 0 Å². The van der Waals surface area contributed by atoms with Gasteiger partial charge in [-0.1, -0.05) is 6.07 Å². The van der Waals surface area contributed by atoms with Gasteiger partial charge in [-0.2, -0.15) is 0 Å². The first-order valence-corrected chi connectivity index (χ1v) is 12.1. The molecule has 10 heteroatoms. The number of ether oxygens (including phenoxy) is 3. The summed E-state index contributed by atoms with van der Waals surface area (Å²) in [5, 5.41) is 2.51. The number of hydrogen-bond donors (Lipinski definition) is 1. The number of para-hydroxylation sites is 1. The van der Waals surface area contributed by atoms with Gasteiger partial charge in [0.1, 0.15) is 11.6 Å². The van der Waals surface area contributed by atoms with Gasteiger partial charge < -0.3 is 14.2 Å². The Hall–Kier alpha value is -2.95. The maximum Gasteiger partial charge on any atom is 0.338 e. The molecule has 1 N–H and O–H groups in total. The van der Waals surface area contributed by atoms with E-state index in [2.05, 4.69) is 9.71 Å². The van der Waals surface area contributed by atoms with Crippen LogP contribution in [0.3, 0.4) is 0 Å². The number of nitrogens with one attached hydrogen (secondary N) is 1. The van der Waals surface area contributed by atoms with Crippen LogP contribution in [0.5, 0.6) is 11.5 Å². The Morgan fingerprint density at radius 2 is 1.81 bits per heavy atom. The van der Waals surface area contributed by atoms with Gasteiger partial charge in [-0.25, -0.2) is 22.9 Å². The number of carbonyl (C=O) groups excluding carboxylic acids is 1. The highest BCUT2D eigenvalue weighted by molar-refractivity contribution is 7.89. The highest BCUT2D eigenvalue weighted by atomic mass is 32.2. The molecule has 0 radical (unpaired) electrons. The van der Waals surface area contributed by atoms with E-state index in [1.165, 1.54) is 35.6 Å². The minimum atomic E-state index is -3.62. The lowest BCUT2D eigenvalue weighted by Crippen LogP contribution is -2.30. The topological polar surface area (TPSA) is 104 Å².